The number of nitrogens with one attached hydrogen (secondary N) is 1. The Labute approximate surface area is 172 Å². The summed E-state index contributed by atoms with van der Waals surface area (Å²) in [5.41, 5.74) is 4.33. The van der Waals surface area contributed by atoms with Crippen molar-refractivity contribution in [3.63, 3.8) is 0 Å². The van der Waals surface area contributed by atoms with E-state index in [0.717, 1.165) is 31.6 Å². The summed E-state index contributed by atoms with van der Waals surface area (Å²) in [4.78, 5) is 0. The molecule has 3 aliphatic rings. The Morgan fingerprint density at radius 3 is 2.61 bits per heavy atom. The second-order valence-corrected chi connectivity index (χ2v) is 11.7. The summed E-state index contributed by atoms with van der Waals surface area (Å²) in [6, 6.07) is 4.42. The van der Waals surface area contributed by atoms with Crippen molar-refractivity contribution in [1.82, 2.24) is 4.72 Å². The summed E-state index contributed by atoms with van der Waals surface area (Å²) >= 11 is 0. The zero-order chi connectivity index (χ0) is 20.1. The fourth-order valence-corrected chi connectivity index (χ4v) is 6.75. The average Bonchev–Trinajstić information content (AvgIpc) is 2.90. The van der Waals surface area contributed by atoms with E-state index in [4.69, 9.17) is 9.47 Å². The van der Waals surface area contributed by atoms with Crippen LogP contribution in [0.15, 0.2) is 12.1 Å². The standard InChI is InChI=1S/C23H35NO3S/c1-15(2)14-27-19-7-6-16-12-23(10-8-17(26-5)9-11-23)18-13-24-28(25)22(3,4)21(19)20(16)18/h6-7,15,17-18,24H,8-14H2,1-5H3. The van der Waals surface area contributed by atoms with Crippen LogP contribution in [0.5, 0.6) is 5.75 Å². The van der Waals surface area contributed by atoms with Crippen LogP contribution in [0.3, 0.4) is 0 Å². The molecule has 0 bridgehead atoms. The van der Waals surface area contributed by atoms with Crippen LogP contribution >= 0.6 is 0 Å². The minimum absolute atomic E-state index is 0.264. The minimum atomic E-state index is -1.13. The monoisotopic (exact) mass is 405 g/mol. The predicted molar refractivity (Wildman–Crippen MR) is 114 cm³/mol. The Kier molecular flexibility index (Phi) is 5.39. The molecule has 1 aromatic rings. The topological polar surface area (TPSA) is 47.6 Å². The van der Waals surface area contributed by atoms with Crippen LogP contribution in [0.25, 0.3) is 0 Å². The first-order valence-corrected chi connectivity index (χ1v) is 11.9. The maximum atomic E-state index is 13.2. The molecule has 5 heteroatoms. The summed E-state index contributed by atoms with van der Waals surface area (Å²) in [6.07, 6.45) is 6.13. The largest absolute Gasteiger partial charge is 0.493 e. The highest BCUT2D eigenvalue weighted by Crippen LogP contribution is 2.59. The molecule has 156 valence electrons. The lowest BCUT2D eigenvalue weighted by Crippen LogP contribution is -2.38. The van der Waals surface area contributed by atoms with Gasteiger partial charge in [0, 0.05) is 25.1 Å². The summed E-state index contributed by atoms with van der Waals surface area (Å²) in [5.74, 6) is 1.80. The molecule has 2 unspecified atom stereocenters. The van der Waals surface area contributed by atoms with Gasteiger partial charge in [-0.1, -0.05) is 19.9 Å². The number of benzene rings is 1. The van der Waals surface area contributed by atoms with Crippen molar-refractivity contribution in [2.45, 2.75) is 76.6 Å². The first kappa shape index (κ1) is 20.4. The number of methoxy groups -OCH3 is 1. The van der Waals surface area contributed by atoms with Crippen molar-refractivity contribution in [2.75, 3.05) is 20.3 Å². The minimum Gasteiger partial charge on any atom is -0.493 e. The number of rotatable bonds is 4. The fourth-order valence-electron chi connectivity index (χ4n) is 5.68. The summed E-state index contributed by atoms with van der Waals surface area (Å²) in [7, 11) is 0.701. The van der Waals surface area contributed by atoms with Gasteiger partial charge in [-0.3, -0.25) is 0 Å². The second kappa shape index (κ2) is 7.41. The third-order valence-corrected chi connectivity index (χ3v) is 8.81. The van der Waals surface area contributed by atoms with Gasteiger partial charge in [0.2, 0.25) is 0 Å². The van der Waals surface area contributed by atoms with Crippen molar-refractivity contribution in [3.05, 3.63) is 28.8 Å². The molecule has 1 fully saturated rings. The molecule has 4 rings (SSSR count). The van der Waals surface area contributed by atoms with Crippen molar-refractivity contribution < 1.29 is 13.7 Å². The number of hydrogen-bond acceptors (Lipinski definition) is 3. The molecule has 2 aliphatic carbocycles. The summed E-state index contributed by atoms with van der Waals surface area (Å²) < 4.78 is 28.0. The van der Waals surface area contributed by atoms with E-state index in [1.54, 1.807) is 0 Å². The normalized spacial score (nSPS) is 33.7. The van der Waals surface area contributed by atoms with E-state index in [9.17, 15) is 4.21 Å². The third kappa shape index (κ3) is 3.23. The maximum Gasteiger partial charge on any atom is 0.124 e. The highest BCUT2D eigenvalue weighted by Gasteiger charge is 2.52. The van der Waals surface area contributed by atoms with Crippen LogP contribution in [-0.4, -0.2) is 30.6 Å². The molecule has 2 atom stereocenters. The lowest BCUT2D eigenvalue weighted by molar-refractivity contribution is 0.0207. The third-order valence-electron chi connectivity index (χ3n) is 7.25. The molecule has 28 heavy (non-hydrogen) atoms. The van der Waals surface area contributed by atoms with Crippen LogP contribution in [0, 0.1) is 11.3 Å². The molecule has 1 aliphatic heterocycles. The smallest absolute Gasteiger partial charge is 0.124 e. The van der Waals surface area contributed by atoms with Crippen LogP contribution in [0.4, 0.5) is 0 Å². The lowest BCUT2D eigenvalue weighted by Gasteiger charge is -2.41. The van der Waals surface area contributed by atoms with Gasteiger partial charge in [-0.15, -0.1) is 0 Å². The highest BCUT2D eigenvalue weighted by atomic mass is 32.2. The Hall–Kier alpha value is -0.910. The molecule has 1 spiro atoms. The van der Waals surface area contributed by atoms with Crippen LogP contribution in [-0.2, 0) is 26.9 Å². The number of fused-ring (bicyclic) bond motifs is 1. The van der Waals surface area contributed by atoms with Crippen LogP contribution < -0.4 is 9.46 Å². The molecule has 0 radical (unpaired) electrons. The highest BCUT2D eigenvalue weighted by molar-refractivity contribution is 7.84. The van der Waals surface area contributed by atoms with E-state index in [0.29, 0.717) is 24.5 Å². The van der Waals surface area contributed by atoms with Crippen molar-refractivity contribution in [1.29, 1.82) is 0 Å². The zero-order valence-electron chi connectivity index (χ0n) is 18.0. The predicted octanol–water partition coefficient (Wildman–Crippen LogP) is 4.44. The van der Waals surface area contributed by atoms with Crippen molar-refractivity contribution >= 4 is 11.0 Å². The van der Waals surface area contributed by atoms with Crippen molar-refractivity contribution in [2.24, 2.45) is 11.3 Å². The van der Waals surface area contributed by atoms with E-state index in [1.807, 2.05) is 7.11 Å². The van der Waals surface area contributed by atoms with E-state index in [1.165, 1.54) is 29.5 Å². The Balaban J connectivity index is 1.79. The Morgan fingerprint density at radius 2 is 1.96 bits per heavy atom. The molecule has 0 saturated heterocycles. The Morgan fingerprint density at radius 1 is 1.25 bits per heavy atom. The van der Waals surface area contributed by atoms with E-state index in [2.05, 4.69) is 44.5 Å². The van der Waals surface area contributed by atoms with Gasteiger partial charge in [-0.25, -0.2) is 8.93 Å². The zero-order valence-corrected chi connectivity index (χ0v) is 18.8. The molecule has 4 nitrogen and oxygen atoms in total. The molecular formula is C23H35NO3S. The number of hydrogen-bond donors (Lipinski definition) is 1. The fraction of sp³-hybridized carbons (Fsp3) is 0.739. The van der Waals surface area contributed by atoms with Gasteiger partial charge in [-0.05, 0) is 74.5 Å². The molecule has 1 N–H and O–H groups in total. The summed E-state index contributed by atoms with van der Waals surface area (Å²) in [5, 5.41) is 0. The average molecular weight is 406 g/mol. The second-order valence-electron chi connectivity index (χ2n) is 9.87. The number of ether oxygens (including phenoxy) is 2. The van der Waals surface area contributed by atoms with E-state index < -0.39 is 15.7 Å². The van der Waals surface area contributed by atoms with Gasteiger partial charge < -0.3 is 9.47 Å². The quantitative estimate of drug-likeness (QED) is 0.806. The van der Waals surface area contributed by atoms with Gasteiger partial charge in [0.05, 0.1) is 17.5 Å². The van der Waals surface area contributed by atoms with E-state index in [-0.39, 0.29) is 5.41 Å². The molecule has 1 saturated carbocycles. The molecule has 1 aromatic carbocycles. The summed E-state index contributed by atoms with van der Waals surface area (Å²) in [6.45, 7) is 10.0. The van der Waals surface area contributed by atoms with Crippen molar-refractivity contribution in [3.8, 4) is 5.75 Å². The lowest BCUT2D eigenvalue weighted by atomic mass is 9.65. The van der Waals surface area contributed by atoms with Gasteiger partial charge in [0.1, 0.15) is 16.7 Å². The first-order chi connectivity index (χ1) is 13.3. The van der Waals surface area contributed by atoms with Crippen LogP contribution in [0.1, 0.15) is 76.0 Å². The van der Waals surface area contributed by atoms with Crippen LogP contribution in [0.2, 0.25) is 0 Å². The van der Waals surface area contributed by atoms with Gasteiger partial charge in [0.25, 0.3) is 0 Å². The molecular weight excluding hydrogens is 370 g/mol. The maximum absolute atomic E-state index is 13.2. The van der Waals surface area contributed by atoms with Gasteiger partial charge in [-0.2, -0.15) is 0 Å². The van der Waals surface area contributed by atoms with E-state index >= 15 is 0 Å². The first-order valence-electron chi connectivity index (χ1n) is 10.8. The molecule has 1 heterocycles. The van der Waals surface area contributed by atoms with Gasteiger partial charge in [0.15, 0.2) is 0 Å². The molecule has 0 amide bonds. The van der Waals surface area contributed by atoms with Gasteiger partial charge >= 0.3 is 0 Å². The SMILES string of the molecule is COC1CCC2(CC1)Cc1ccc(OCC(C)C)c3c1C2CNS(=O)C3(C)C. The molecule has 0 aromatic heterocycles. The Bertz CT molecular complexity index is 765.